The summed E-state index contributed by atoms with van der Waals surface area (Å²) in [6, 6.07) is 4.52. The van der Waals surface area contributed by atoms with E-state index in [2.05, 4.69) is 5.32 Å². The number of carbonyl (C=O) groups excluding carboxylic acids is 1. The molecule has 0 saturated heterocycles. The molecule has 0 aliphatic heterocycles. The Balaban J connectivity index is 2.63. The van der Waals surface area contributed by atoms with Crippen molar-refractivity contribution in [1.29, 1.82) is 0 Å². The molecular weight excluding hydrogens is 247 g/mol. The van der Waals surface area contributed by atoms with E-state index in [1.165, 1.54) is 18.1 Å². The molecule has 0 heterocycles. The smallest absolute Gasteiger partial charge is 0.223 e. The number of benzene rings is 1. The van der Waals surface area contributed by atoms with E-state index in [0.29, 0.717) is 24.3 Å². The maximum absolute atomic E-state index is 13.8. The van der Waals surface area contributed by atoms with Crippen LogP contribution in [0.3, 0.4) is 0 Å². The van der Waals surface area contributed by atoms with Gasteiger partial charge in [0.1, 0.15) is 11.6 Å². The van der Waals surface area contributed by atoms with Crippen LogP contribution in [0.1, 0.15) is 24.9 Å². The van der Waals surface area contributed by atoms with Gasteiger partial charge in [-0.05, 0) is 19.1 Å². The van der Waals surface area contributed by atoms with Crippen LogP contribution in [0.15, 0.2) is 18.2 Å². The summed E-state index contributed by atoms with van der Waals surface area (Å²) >= 11 is 0. The standard InChI is InChI=1S/C14H21FN2O2/c1-10(16-9-8-13(18)17(2)3)14-11(15)6-5-7-12(14)19-4/h5-7,10,16H,8-9H2,1-4H3. The third-order valence-electron chi connectivity index (χ3n) is 2.95. The molecule has 19 heavy (non-hydrogen) atoms. The Morgan fingerprint density at radius 3 is 2.74 bits per heavy atom. The Kier molecular flexibility index (Phi) is 5.76. The van der Waals surface area contributed by atoms with Crippen LogP contribution < -0.4 is 10.1 Å². The summed E-state index contributed by atoms with van der Waals surface area (Å²) in [7, 11) is 4.94. The van der Waals surface area contributed by atoms with Crippen molar-refractivity contribution >= 4 is 5.91 Å². The van der Waals surface area contributed by atoms with Crippen LogP contribution >= 0.6 is 0 Å². The van der Waals surface area contributed by atoms with E-state index in [4.69, 9.17) is 4.74 Å². The van der Waals surface area contributed by atoms with Crippen molar-refractivity contribution in [3.05, 3.63) is 29.6 Å². The first-order chi connectivity index (χ1) is 8.97. The number of hydrogen-bond donors (Lipinski definition) is 1. The second kappa shape index (κ2) is 7.09. The first-order valence-electron chi connectivity index (χ1n) is 6.23. The molecule has 0 spiro atoms. The molecular formula is C14H21FN2O2. The number of ether oxygens (including phenoxy) is 1. The molecule has 5 heteroatoms. The minimum Gasteiger partial charge on any atom is -0.496 e. The molecule has 1 aromatic carbocycles. The van der Waals surface area contributed by atoms with E-state index in [0.717, 1.165) is 0 Å². The fraction of sp³-hybridized carbons (Fsp3) is 0.500. The predicted octanol–water partition coefficient (Wildman–Crippen LogP) is 1.96. The topological polar surface area (TPSA) is 41.6 Å². The number of nitrogens with zero attached hydrogens (tertiary/aromatic N) is 1. The van der Waals surface area contributed by atoms with Crippen molar-refractivity contribution < 1.29 is 13.9 Å². The SMILES string of the molecule is COc1cccc(F)c1C(C)NCCC(=O)N(C)C. The third kappa shape index (κ3) is 4.21. The summed E-state index contributed by atoms with van der Waals surface area (Å²) in [6.45, 7) is 2.34. The summed E-state index contributed by atoms with van der Waals surface area (Å²) < 4.78 is 19.0. The second-order valence-electron chi connectivity index (χ2n) is 4.57. The van der Waals surface area contributed by atoms with Crippen molar-refractivity contribution in [3.8, 4) is 5.75 Å². The van der Waals surface area contributed by atoms with E-state index in [1.54, 1.807) is 26.2 Å². The van der Waals surface area contributed by atoms with E-state index >= 15 is 0 Å². The van der Waals surface area contributed by atoms with Gasteiger partial charge >= 0.3 is 0 Å². The van der Waals surface area contributed by atoms with Gasteiger partial charge in [0.25, 0.3) is 0 Å². The molecule has 1 amide bonds. The van der Waals surface area contributed by atoms with Crippen LogP contribution in [0.4, 0.5) is 4.39 Å². The molecule has 1 N–H and O–H groups in total. The minimum absolute atomic E-state index is 0.0419. The van der Waals surface area contributed by atoms with Gasteiger partial charge in [0.2, 0.25) is 5.91 Å². The van der Waals surface area contributed by atoms with Crippen LogP contribution in [0.25, 0.3) is 0 Å². The van der Waals surface area contributed by atoms with E-state index < -0.39 is 0 Å². The molecule has 1 unspecified atom stereocenters. The van der Waals surface area contributed by atoms with Gasteiger partial charge in [-0.15, -0.1) is 0 Å². The number of hydrogen-bond acceptors (Lipinski definition) is 3. The highest BCUT2D eigenvalue weighted by atomic mass is 19.1. The summed E-state index contributed by atoms with van der Waals surface area (Å²) in [4.78, 5) is 13.0. The Morgan fingerprint density at radius 1 is 1.47 bits per heavy atom. The fourth-order valence-electron chi connectivity index (χ4n) is 1.84. The largest absolute Gasteiger partial charge is 0.496 e. The lowest BCUT2D eigenvalue weighted by molar-refractivity contribution is -0.128. The Bertz CT molecular complexity index is 435. The van der Waals surface area contributed by atoms with Crippen molar-refractivity contribution in [3.63, 3.8) is 0 Å². The molecule has 4 nitrogen and oxygen atoms in total. The molecule has 0 aromatic heterocycles. The second-order valence-corrected chi connectivity index (χ2v) is 4.57. The van der Waals surface area contributed by atoms with Gasteiger partial charge < -0.3 is 15.0 Å². The van der Waals surface area contributed by atoms with E-state index in [1.807, 2.05) is 6.92 Å². The third-order valence-corrected chi connectivity index (χ3v) is 2.95. The van der Waals surface area contributed by atoms with Gasteiger partial charge in [0.05, 0.1) is 7.11 Å². The molecule has 106 valence electrons. The maximum Gasteiger partial charge on any atom is 0.223 e. The van der Waals surface area contributed by atoms with Gasteiger partial charge in [0, 0.05) is 38.7 Å². The number of amides is 1. The Labute approximate surface area is 113 Å². The first-order valence-corrected chi connectivity index (χ1v) is 6.23. The van der Waals surface area contributed by atoms with Crippen molar-refractivity contribution in [2.45, 2.75) is 19.4 Å². The minimum atomic E-state index is -0.307. The average Bonchev–Trinajstić information content (AvgIpc) is 2.37. The number of methoxy groups -OCH3 is 1. The summed E-state index contributed by atoms with van der Waals surface area (Å²) in [5, 5.41) is 3.13. The number of nitrogens with one attached hydrogen (secondary N) is 1. The summed E-state index contributed by atoms with van der Waals surface area (Å²) in [5.41, 5.74) is 0.488. The molecule has 1 rings (SSSR count). The monoisotopic (exact) mass is 268 g/mol. The molecule has 0 fully saturated rings. The highest BCUT2D eigenvalue weighted by molar-refractivity contribution is 5.75. The van der Waals surface area contributed by atoms with Crippen molar-refractivity contribution in [1.82, 2.24) is 10.2 Å². The number of carbonyl (C=O) groups is 1. The van der Waals surface area contributed by atoms with Crippen LogP contribution in [-0.2, 0) is 4.79 Å². The number of halogens is 1. The normalized spacial score (nSPS) is 12.1. The molecule has 0 bridgehead atoms. The number of rotatable bonds is 6. The lowest BCUT2D eigenvalue weighted by Crippen LogP contribution is -2.28. The summed E-state index contributed by atoms with van der Waals surface area (Å²) in [5.74, 6) is 0.248. The van der Waals surface area contributed by atoms with Crippen LogP contribution in [-0.4, -0.2) is 38.6 Å². The predicted molar refractivity (Wildman–Crippen MR) is 72.7 cm³/mol. The molecule has 1 atom stereocenters. The molecule has 1 aromatic rings. The zero-order chi connectivity index (χ0) is 14.4. The van der Waals surface area contributed by atoms with Crippen LogP contribution in [0, 0.1) is 5.82 Å². The highest BCUT2D eigenvalue weighted by Crippen LogP contribution is 2.27. The zero-order valence-corrected chi connectivity index (χ0v) is 11.9. The Hall–Kier alpha value is -1.62. The molecule has 0 radical (unpaired) electrons. The Morgan fingerprint density at radius 2 is 2.16 bits per heavy atom. The van der Waals surface area contributed by atoms with Gasteiger partial charge in [-0.2, -0.15) is 0 Å². The highest BCUT2D eigenvalue weighted by Gasteiger charge is 2.16. The first kappa shape index (κ1) is 15.4. The molecule has 0 saturated carbocycles. The fourth-order valence-corrected chi connectivity index (χ4v) is 1.84. The van der Waals surface area contributed by atoms with E-state index in [-0.39, 0.29) is 17.8 Å². The summed E-state index contributed by atoms with van der Waals surface area (Å²) in [6.07, 6.45) is 0.383. The average molecular weight is 268 g/mol. The van der Waals surface area contributed by atoms with Gasteiger partial charge in [-0.25, -0.2) is 4.39 Å². The van der Waals surface area contributed by atoms with E-state index in [9.17, 15) is 9.18 Å². The van der Waals surface area contributed by atoms with Crippen LogP contribution in [0.5, 0.6) is 5.75 Å². The molecule has 0 aliphatic rings. The lowest BCUT2D eigenvalue weighted by atomic mass is 10.1. The zero-order valence-electron chi connectivity index (χ0n) is 11.9. The van der Waals surface area contributed by atoms with Gasteiger partial charge in [-0.1, -0.05) is 6.07 Å². The van der Waals surface area contributed by atoms with Crippen LogP contribution in [0.2, 0.25) is 0 Å². The van der Waals surface area contributed by atoms with Gasteiger partial charge in [0.15, 0.2) is 0 Å². The lowest BCUT2D eigenvalue weighted by Gasteiger charge is -2.18. The van der Waals surface area contributed by atoms with Crippen molar-refractivity contribution in [2.24, 2.45) is 0 Å². The van der Waals surface area contributed by atoms with Crippen molar-refractivity contribution in [2.75, 3.05) is 27.7 Å². The quantitative estimate of drug-likeness (QED) is 0.857. The maximum atomic E-state index is 13.8. The molecule has 0 aliphatic carbocycles. The van der Waals surface area contributed by atoms with Gasteiger partial charge in [-0.3, -0.25) is 4.79 Å².